The van der Waals surface area contributed by atoms with Crippen LogP contribution < -0.4 is 0 Å². The summed E-state index contributed by atoms with van der Waals surface area (Å²) in [6.45, 7) is 1.88. The molecular weight excluding hydrogens is 78.1 g/mol. The van der Waals surface area contributed by atoms with Crippen molar-refractivity contribution < 1.29 is 4.42 Å². The summed E-state index contributed by atoms with van der Waals surface area (Å²) < 4.78 is 4.60. The Labute approximate surface area is 35.8 Å². The summed E-state index contributed by atoms with van der Waals surface area (Å²) in [5.41, 5.74) is 0.926. The third kappa shape index (κ3) is 0.407. The van der Waals surface area contributed by atoms with Crippen molar-refractivity contribution in [3.63, 3.8) is 0 Å². The van der Waals surface area contributed by atoms with Gasteiger partial charge in [-0.25, -0.2) is 4.98 Å². The molecule has 0 bridgehead atoms. The van der Waals surface area contributed by atoms with Gasteiger partial charge < -0.3 is 4.42 Å². The van der Waals surface area contributed by atoms with Gasteiger partial charge in [-0.05, 0) is 6.92 Å². The lowest BCUT2D eigenvalue weighted by molar-refractivity contribution is 0.557. The highest BCUT2D eigenvalue weighted by Gasteiger charge is 1.77. The predicted molar refractivity (Wildman–Crippen MR) is 21.2 cm³/mol. The van der Waals surface area contributed by atoms with Gasteiger partial charge >= 0.3 is 0 Å². The van der Waals surface area contributed by atoms with E-state index in [0.29, 0.717) is 0 Å². The average Bonchev–Trinajstić information content (AvgIpc) is 1.86. The Bertz CT molecular complexity index is 111. The first-order valence-electron chi connectivity index (χ1n) is 1.74. The van der Waals surface area contributed by atoms with Gasteiger partial charge in [-0.15, -0.1) is 0 Å². The van der Waals surface area contributed by atoms with Gasteiger partial charge in [0.25, 0.3) is 0 Å². The van der Waals surface area contributed by atoms with E-state index in [2.05, 4.69) is 9.40 Å². The summed E-state index contributed by atoms with van der Waals surface area (Å²) in [7, 11) is 0. The van der Waals surface area contributed by atoms with Gasteiger partial charge in [0.15, 0.2) is 6.39 Å². The van der Waals surface area contributed by atoms with Gasteiger partial charge in [0.1, 0.15) is 6.26 Å². The van der Waals surface area contributed by atoms with Crippen molar-refractivity contribution in [1.82, 2.24) is 4.98 Å². The zero-order valence-electron chi connectivity index (χ0n) is 3.51. The van der Waals surface area contributed by atoms with Gasteiger partial charge in [0, 0.05) is 0 Å². The summed E-state index contributed by atoms with van der Waals surface area (Å²) in [5.74, 6) is 0. The first-order chi connectivity index (χ1) is 2.89. The smallest absolute Gasteiger partial charge is 0.180 e. The molecule has 0 atom stereocenters. The highest BCUT2D eigenvalue weighted by Crippen LogP contribution is 1.86. The summed E-state index contributed by atoms with van der Waals surface area (Å²) in [6, 6.07) is 0. The Hall–Kier alpha value is -0.790. The van der Waals surface area contributed by atoms with Crippen LogP contribution >= 0.6 is 0 Å². The number of rotatable bonds is 0. The zero-order chi connectivity index (χ0) is 4.41. The molecule has 0 saturated heterocycles. The van der Waals surface area contributed by atoms with Crippen LogP contribution in [0.4, 0.5) is 0 Å². The lowest BCUT2D eigenvalue weighted by atomic mass is 10.6. The Morgan fingerprint density at radius 1 is 1.83 bits per heavy atom. The largest absolute Gasteiger partial charge is 0.452 e. The average molecular weight is 83.1 g/mol. The van der Waals surface area contributed by atoms with Crippen LogP contribution in [0.5, 0.6) is 0 Å². The highest BCUT2D eigenvalue weighted by atomic mass is 16.3. The van der Waals surface area contributed by atoms with Crippen LogP contribution in [0.25, 0.3) is 0 Å². The number of oxazole rings is 1. The molecule has 0 aliphatic heterocycles. The van der Waals surface area contributed by atoms with Crippen molar-refractivity contribution in [2.24, 2.45) is 0 Å². The van der Waals surface area contributed by atoms with Gasteiger partial charge in [0.05, 0.1) is 5.69 Å². The maximum absolute atomic E-state index is 4.60. The van der Waals surface area contributed by atoms with Crippen LogP contribution in [0.1, 0.15) is 5.69 Å². The number of hydrogen-bond donors (Lipinski definition) is 0. The molecular formula is C4H5NO. The molecule has 6 heavy (non-hydrogen) atoms. The molecule has 0 unspecified atom stereocenters. The molecule has 0 amide bonds. The third-order valence-electron chi connectivity index (χ3n) is 0.556. The molecule has 2 heteroatoms. The second-order valence-electron chi connectivity index (χ2n) is 1.13. The molecule has 1 aromatic heterocycles. The molecule has 0 aromatic carbocycles. The zero-order valence-corrected chi connectivity index (χ0v) is 3.51. The van der Waals surface area contributed by atoms with E-state index in [1.54, 1.807) is 6.26 Å². The first kappa shape index (κ1) is 3.40. The fourth-order valence-corrected chi connectivity index (χ4v) is 0.273. The van der Waals surface area contributed by atoms with Crippen molar-refractivity contribution in [2.75, 3.05) is 0 Å². The maximum atomic E-state index is 4.60. The molecule has 2 nitrogen and oxygen atoms in total. The van der Waals surface area contributed by atoms with Crippen molar-refractivity contribution >= 4 is 0 Å². The summed E-state index contributed by atoms with van der Waals surface area (Å²) in [4.78, 5) is 3.75. The Kier molecular flexibility index (Phi) is 0.638. The van der Waals surface area contributed by atoms with E-state index in [1.165, 1.54) is 6.39 Å². The lowest BCUT2D eigenvalue weighted by Gasteiger charge is -1.62. The van der Waals surface area contributed by atoms with E-state index in [0.717, 1.165) is 5.69 Å². The summed E-state index contributed by atoms with van der Waals surface area (Å²) in [5, 5.41) is 0. The SMILES string of the molecule is Cc1cocn1. The summed E-state index contributed by atoms with van der Waals surface area (Å²) in [6.07, 6.45) is 3.01. The third-order valence-corrected chi connectivity index (χ3v) is 0.556. The Morgan fingerprint density at radius 3 is 2.83 bits per heavy atom. The van der Waals surface area contributed by atoms with Gasteiger partial charge in [-0.3, -0.25) is 0 Å². The van der Waals surface area contributed by atoms with Crippen molar-refractivity contribution in [3.05, 3.63) is 18.4 Å². The van der Waals surface area contributed by atoms with Gasteiger partial charge in [0.2, 0.25) is 0 Å². The normalized spacial score (nSPS) is 8.83. The highest BCUT2D eigenvalue weighted by molar-refractivity contribution is 4.83. The van der Waals surface area contributed by atoms with Crippen molar-refractivity contribution in [3.8, 4) is 0 Å². The second kappa shape index (κ2) is 1.12. The monoisotopic (exact) mass is 83.0 g/mol. The van der Waals surface area contributed by atoms with Crippen LogP contribution in [0, 0.1) is 6.92 Å². The molecule has 0 saturated carbocycles. The molecule has 0 aliphatic rings. The van der Waals surface area contributed by atoms with E-state index < -0.39 is 0 Å². The lowest BCUT2D eigenvalue weighted by Crippen LogP contribution is -1.59. The summed E-state index contributed by atoms with van der Waals surface area (Å²) >= 11 is 0. The fraction of sp³-hybridized carbons (Fsp3) is 0.250. The molecule has 0 radical (unpaired) electrons. The van der Waals surface area contributed by atoms with Gasteiger partial charge in [-0.2, -0.15) is 0 Å². The Morgan fingerprint density at radius 2 is 2.67 bits per heavy atom. The number of aromatic nitrogens is 1. The molecule has 0 fully saturated rings. The van der Waals surface area contributed by atoms with E-state index in [-0.39, 0.29) is 0 Å². The second-order valence-corrected chi connectivity index (χ2v) is 1.13. The van der Waals surface area contributed by atoms with Crippen molar-refractivity contribution in [1.29, 1.82) is 0 Å². The molecule has 32 valence electrons. The first-order valence-corrected chi connectivity index (χ1v) is 1.74. The molecule has 0 spiro atoms. The van der Waals surface area contributed by atoms with Crippen LogP contribution in [0.3, 0.4) is 0 Å². The Balaban J connectivity index is 3.05. The molecule has 0 N–H and O–H groups in total. The number of aryl methyl sites for hydroxylation is 1. The van der Waals surface area contributed by atoms with Crippen LogP contribution in [0.15, 0.2) is 17.1 Å². The van der Waals surface area contributed by atoms with Crippen LogP contribution in [0.2, 0.25) is 0 Å². The minimum absolute atomic E-state index is 0.926. The topological polar surface area (TPSA) is 26.0 Å². The minimum atomic E-state index is 0.926. The van der Waals surface area contributed by atoms with Crippen LogP contribution in [-0.4, -0.2) is 4.98 Å². The minimum Gasteiger partial charge on any atom is -0.452 e. The molecule has 0 aliphatic carbocycles. The van der Waals surface area contributed by atoms with Crippen LogP contribution in [-0.2, 0) is 0 Å². The predicted octanol–water partition coefficient (Wildman–Crippen LogP) is 0.983. The van der Waals surface area contributed by atoms with E-state index in [4.69, 9.17) is 0 Å². The van der Waals surface area contributed by atoms with Crippen molar-refractivity contribution in [2.45, 2.75) is 6.92 Å². The van der Waals surface area contributed by atoms with Gasteiger partial charge in [-0.1, -0.05) is 0 Å². The quantitative estimate of drug-likeness (QED) is 0.467. The van der Waals surface area contributed by atoms with E-state index >= 15 is 0 Å². The standard InChI is InChI=1S/C4H5NO/c1-4-2-6-3-5-4/h2-3H,1H3. The number of hydrogen-bond acceptors (Lipinski definition) is 2. The van der Waals surface area contributed by atoms with E-state index in [9.17, 15) is 0 Å². The fourth-order valence-electron chi connectivity index (χ4n) is 0.273. The molecule has 1 heterocycles. The van der Waals surface area contributed by atoms with E-state index in [1.807, 2.05) is 6.92 Å². The maximum Gasteiger partial charge on any atom is 0.180 e. The number of nitrogens with zero attached hydrogens (tertiary/aromatic N) is 1. The molecule has 1 rings (SSSR count). The molecule has 1 aromatic rings.